The predicted molar refractivity (Wildman–Crippen MR) is 130 cm³/mol. The lowest BCUT2D eigenvalue weighted by Gasteiger charge is -2.44. The normalized spacial score (nSPS) is 22.1. The number of anilines is 1. The average Bonchev–Trinajstić information content (AvgIpc) is 2.84. The Morgan fingerprint density at radius 1 is 0.938 bits per heavy atom. The van der Waals surface area contributed by atoms with Gasteiger partial charge in [-0.2, -0.15) is 0 Å². The first-order valence-electron chi connectivity index (χ1n) is 11.3. The number of benzene rings is 3. The van der Waals surface area contributed by atoms with E-state index >= 15 is 0 Å². The van der Waals surface area contributed by atoms with E-state index in [1.165, 1.54) is 5.69 Å². The second kappa shape index (κ2) is 9.49. The number of carbonyl (C=O) groups excluding carboxylic acids is 1. The van der Waals surface area contributed by atoms with Crippen LogP contribution in [0.15, 0.2) is 66.7 Å². The van der Waals surface area contributed by atoms with E-state index in [0.29, 0.717) is 12.1 Å². The van der Waals surface area contributed by atoms with Crippen molar-refractivity contribution in [2.45, 2.75) is 18.6 Å². The van der Waals surface area contributed by atoms with Gasteiger partial charge >= 0.3 is 5.97 Å². The van der Waals surface area contributed by atoms with Crippen molar-refractivity contribution in [3.05, 3.63) is 77.3 Å². The van der Waals surface area contributed by atoms with E-state index < -0.39 is 0 Å². The molecule has 2 unspecified atom stereocenters. The van der Waals surface area contributed by atoms with E-state index in [2.05, 4.69) is 27.2 Å². The molecule has 3 aromatic carbocycles. The largest absolute Gasteiger partial charge is 0.456 e. The summed E-state index contributed by atoms with van der Waals surface area (Å²) in [6, 6.07) is 22.1. The molecule has 5 rings (SSSR count). The molecule has 1 N–H and O–H groups in total. The van der Waals surface area contributed by atoms with Crippen LogP contribution >= 0.6 is 11.6 Å². The Kier molecular flexibility index (Phi) is 6.30. The maximum absolute atomic E-state index is 13.0. The van der Waals surface area contributed by atoms with Gasteiger partial charge in [-0.05, 0) is 54.1 Å². The molecular formula is C26H28ClN3O2. The molecule has 3 aromatic rings. The highest BCUT2D eigenvalue weighted by Gasteiger charge is 2.34. The van der Waals surface area contributed by atoms with E-state index in [9.17, 15) is 4.79 Å². The molecule has 0 aliphatic carbocycles. The Hall–Kier alpha value is -2.60. The van der Waals surface area contributed by atoms with Crippen LogP contribution in [0.2, 0.25) is 5.02 Å². The molecule has 0 amide bonds. The Bertz CT molecular complexity index is 1100. The number of nitrogens with zero attached hydrogens (tertiary/aromatic N) is 2. The van der Waals surface area contributed by atoms with Gasteiger partial charge in [0.05, 0.1) is 5.56 Å². The molecule has 2 saturated heterocycles. The molecule has 0 bridgehead atoms. The Morgan fingerprint density at radius 3 is 2.56 bits per heavy atom. The zero-order valence-electron chi connectivity index (χ0n) is 18.0. The first kappa shape index (κ1) is 21.3. The van der Waals surface area contributed by atoms with Gasteiger partial charge in [0, 0.05) is 49.5 Å². The number of fused-ring (bicyclic) bond motifs is 1. The van der Waals surface area contributed by atoms with Gasteiger partial charge in [0.1, 0.15) is 6.10 Å². The minimum atomic E-state index is -0.244. The van der Waals surface area contributed by atoms with Crippen LogP contribution in [0.3, 0.4) is 0 Å². The van der Waals surface area contributed by atoms with Crippen molar-refractivity contribution in [1.29, 1.82) is 0 Å². The number of hydrogen-bond acceptors (Lipinski definition) is 5. The number of carbonyl (C=O) groups is 1. The van der Waals surface area contributed by atoms with Gasteiger partial charge in [-0.25, -0.2) is 4.79 Å². The Morgan fingerprint density at radius 2 is 1.75 bits per heavy atom. The molecule has 32 heavy (non-hydrogen) atoms. The third-order valence-corrected chi connectivity index (χ3v) is 6.83. The minimum absolute atomic E-state index is 0.152. The van der Waals surface area contributed by atoms with Gasteiger partial charge in [0.2, 0.25) is 0 Å². The molecule has 2 fully saturated rings. The van der Waals surface area contributed by atoms with Crippen molar-refractivity contribution in [1.82, 2.24) is 10.2 Å². The monoisotopic (exact) mass is 449 g/mol. The fraction of sp³-hybridized carbons (Fsp3) is 0.346. The first-order valence-corrected chi connectivity index (χ1v) is 11.7. The lowest BCUT2D eigenvalue weighted by molar-refractivity contribution is -0.0131. The Balaban J connectivity index is 1.24. The number of rotatable bonds is 4. The zero-order chi connectivity index (χ0) is 21.9. The Labute approximate surface area is 193 Å². The van der Waals surface area contributed by atoms with Crippen molar-refractivity contribution < 1.29 is 9.53 Å². The smallest absolute Gasteiger partial charge is 0.338 e. The van der Waals surface area contributed by atoms with E-state index in [-0.39, 0.29) is 18.1 Å². The summed E-state index contributed by atoms with van der Waals surface area (Å²) in [6.45, 7) is 5.41. The van der Waals surface area contributed by atoms with Crippen LogP contribution in [0, 0.1) is 0 Å². The van der Waals surface area contributed by atoms with Crippen LogP contribution in [0.1, 0.15) is 16.8 Å². The quantitative estimate of drug-likeness (QED) is 0.605. The van der Waals surface area contributed by atoms with Crippen molar-refractivity contribution in [3.63, 3.8) is 0 Å². The summed E-state index contributed by atoms with van der Waals surface area (Å²) in [5.41, 5.74) is 1.78. The number of hydrogen-bond donors (Lipinski definition) is 1. The first-order chi connectivity index (χ1) is 15.7. The molecule has 6 heteroatoms. The van der Waals surface area contributed by atoms with Crippen LogP contribution in [0.25, 0.3) is 10.8 Å². The van der Waals surface area contributed by atoms with Crippen molar-refractivity contribution >= 4 is 34.0 Å². The van der Waals surface area contributed by atoms with E-state index in [1.807, 2.05) is 54.6 Å². The highest BCUT2D eigenvalue weighted by atomic mass is 35.5. The SMILES string of the molecule is O=C(OC1CNCCC1N1CCN(c2cccc(Cl)c2)CC1)c1ccc2ccccc2c1. The second-order valence-corrected chi connectivity index (χ2v) is 9.01. The number of esters is 1. The minimum Gasteiger partial charge on any atom is -0.456 e. The molecular weight excluding hydrogens is 422 g/mol. The lowest BCUT2D eigenvalue weighted by Crippen LogP contribution is -2.59. The predicted octanol–water partition coefficient (Wildman–Crippen LogP) is 4.20. The van der Waals surface area contributed by atoms with Gasteiger partial charge in [-0.1, -0.05) is 48.0 Å². The lowest BCUT2D eigenvalue weighted by atomic mass is 10.00. The zero-order valence-corrected chi connectivity index (χ0v) is 18.8. The topological polar surface area (TPSA) is 44.8 Å². The summed E-state index contributed by atoms with van der Waals surface area (Å²) in [4.78, 5) is 17.8. The number of piperazine rings is 1. The maximum atomic E-state index is 13.0. The maximum Gasteiger partial charge on any atom is 0.338 e. The van der Waals surface area contributed by atoms with Crippen LogP contribution in [-0.2, 0) is 4.74 Å². The third kappa shape index (κ3) is 4.60. The van der Waals surface area contributed by atoms with Gasteiger partial charge < -0.3 is 15.0 Å². The standard InChI is InChI=1S/C26H28ClN3O2/c27-22-6-3-7-23(17-22)29-12-14-30(15-13-29)24-10-11-28-18-25(24)32-26(31)21-9-8-19-4-1-2-5-20(19)16-21/h1-9,16-17,24-25,28H,10-15,18H2. The summed E-state index contributed by atoms with van der Waals surface area (Å²) in [5, 5.41) is 6.35. The second-order valence-electron chi connectivity index (χ2n) is 8.57. The third-order valence-electron chi connectivity index (χ3n) is 6.59. The number of piperidine rings is 1. The molecule has 0 radical (unpaired) electrons. The highest BCUT2D eigenvalue weighted by molar-refractivity contribution is 6.30. The van der Waals surface area contributed by atoms with Crippen molar-refractivity contribution in [3.8, 4) is 0 Å². The van der Waals surface area contributed by atoms with Gasteiger partial charge in [0.25, 0.3) is 0 Å². The molecule has 2 aliphatic rings. The summed E-state index contributed by atoms with van der Waals surface area (Å²) in [6.07, 6.45) is 0.827. The highest BCUT2D eigenvalue weighted by Crippen LogP contribution is 2.24. The van der Waals surface area contributed by atoms with Crippen molar-refractivity contribution in [2.24, 2.45) is 0 Å². The van der Waals surface area contributed by atoms with Crippen LogP contribution in [0.4, 0.5) is 5.69 Å². The van der Waals surface area contributed by atoms with E-state index in [0.717, 1.165) is 54.9 Å². The molecule has 2 heterocycles. The molecule has 2 aliphatic heterocycles. The van der Waals surface area contributed by atoms with Gasteiger partial charge in [-0.15, -0.1) is 0 Å². The van der Waals surface area contributed by atoms with E-state index in [1.54, 1.807) is 0 Å². The summed E-state index contributed by atoms with van der Waals surface area (Å²) in [5.74, 6) is -0.244. The molecule has 166 valence electrons. The molecule has 0 saturated carbocycles. The summed E-state index contributed by atoms with van der Waals surface area (Å²) in [7, 11) is 0. The number of nitrogens with one attached hydrogen (secondary N) is 1. The van der Waals surface area contributed by atoms with Gasteiger partial charge in [-0.3, -0.25) is 4.90 Å². The van der Waals surface area contributed by atoms with Crippen LogP contribution < -0.4 is 10.2 Å². The van der Waals surface area contributed by atoms with Crippen LogP contribution in [0.5, 0.6) is 0 Å². The van der Waals surface area contributed by atoms with Crippen LogP contribution in [-0.4, -0.2) is 62.3 Å². The number of ether oxygens (including phenoxy) is 1. The molecule has 0 spiro atoms. The fourth-order valence-corrected chi connectivity index (χ4v) is 5.05. The van der Waals surface area contributed by atoms with Gasteiger partial charge in [0.15, 0.2) is 0 Å². The molecule has 5 nitrogen and oxygen atoms in total. The van der Waals surface area contributed by atoms with E-state index in [4.69, 9.17) is 16.3 Å². The molecule has 0 aromatic heterocycles. The summed E-state index contributed by atoms with van der Waals surface area (Å²) < 4.78 is 6.05. The fourth-order valence-electron chi connectivity index (χ4n) is 4.86. The number of halogens is 1. The molecule has 2 atom stereocenters. The average molecular weight is 450 g/mol. The van der Waals surface area contributed by atoms with Crippen molar-refractivity contribution in [2.75, 3.05) is 44.2 Å². The summed E-state index contributed by atoms with van der Waals surface area (Å²) >= 11 is 6.17.